The Morgan fingerprint density at radius 2 is 1.25 bits per heavy atom. The van der Waals surface area contributed by atoms with Crippen LogP contribution in [0.4, 0.5) is 0 Å². The molecule has 32 heavy (non-hydrogen) atoms. The van der Waals surface area contributed by atoms with Gasteiger partial charge >= 0.3 is 0 Å². The molecule has 2 atom stereocenters. The molecule has 0 unspecified atom stereocenters. The third kappa shape index (κ3) is 5.56. The summed E-state index contributed by atoms with van der Waals surface area (Å²) >= 11 is 0. The fourth-order valence-corrected chi connectivity index (χ4v) is 3.14. The maximum absolute atomic E-state index is 11.0. The number of hydrogen-bond acceptors (Lipinski definition) is 9. The lowest BCUT2D eigenvalue weighted by Crippen LogP contribution is -2.29. The van der Waals surface area contributed by atoms with Crippen LogP contribution in [0.25, 0.3) is 6.08 Å². The van der Waals surface area contributed by atoms with E-state index in [-0.39, 0.29) is 12.4 Å². The average Bonchev–Trinajstić information content (AvgIpc) is 2.84. The molecule has 176 valence electrons. The summed E-state index contributed by atoms with van der Waals surface area (Å²) in [4.78, 5) is 0. The van der Waals surface area contributed by atoms with Crippen LogP contribution in [0.1, 0.15) is 17.2 Å². The summed E-state index contributed by atoms with van der Waals surface area (Å²) in [6, 6.07) is 6.53. The number of benzene rings is 2. The fourth-order valence-electron chi connectivity index (χ4n) is 3.14. The number of aliphatic hydroxyl groups excluding tert-OH is 3. The summed E-state index contributed by atoms with van der Waals surface area (Å²) in [7, 11) is 7.34. The van der Waals surface area contributed by atoms with Crippen LogP contribution >= 0.6 is 0 Å². The second kappa shape index (κ2) is 12.0. The first-order chi connectivity index (χ1) is 15.5. The van der Waals surface area contributed by atoms with Crippen molar-refractivity contribution in [2.75, 3.05) is 48.8 Å². The molecule has 9 heteroatoms. The van der Waals surface area contributed by atoms with Gasteiger partial charge in [-0.25, -0.2) is 0 Å². The lowest BCUT2D eigenvalue weighted by Gasteiger charge is -2.26. The van der Waals surface area contributed by atoms with E-state index in [9.17, 15) is 10.2 Å². The topological polar surface area (TPSA) is 116 Å². The molecule has 0 bridgehead atoms. The van der Waals surface area contributed by atoms with E-state index in [2.05, 4.69) is 0 Å². The zero-order valence-corrected chi connectivity index (χ0v) is 18.8. The minimum atomic E-state index is -1.25. The summed E-state index contributed by atoms with van der Waals surface area (Å²) in [5, 5.41) is 30.0. The second-order valence-electron chi connectivity index (χ2n) is 6.58. The first-order valence-electron chi connectivity index (χ1n) is 9.76. The molecule has 0 spiro atoms. The standard InChI is InChI=1S/C23H30O9/c1-27-16-9-14(7-6-8-24)10-17(28-2)23(16)32-20(13-25)21(26)15-11-18(29-3)22(31-5)19(12-15)30-4/h6-7,9-12,20-21,24-26H,8,13H2,1-5H3/b7-6-/t20-,21-/m1/s1. The van der Waals surface area contributed by atoms with Crippen molar-refractivity contribution >= 4 is 6.08 Å². The Bertz CT molecular complexity index is 860. The number of aliphatic hydroxyl groups is 3. The highest BCUT2D eigenvalue weighted by Gasteiger charge is 2.28. The number of methoxy groups -OCH3 is 5. The minimum Gasteiger partial charge on any atom is -0.493 e. The van der Waals surface area contributed by atoms with Crippen molar-refractivity contribution in [2.24, 2.45) is 0 Å². The fraction of sp³-hybridized carbons (Fsp3) is 0.391. The van der Waals surface area contributed by atoms with E-state index in [0.29, 0.717) is 39.9 Å². The van der Waals surface area contributed by atoms with Gasteiger partial charge in [0, 0.05) is 0 Å². The van der Waals surface area contributed by atoms with Gasteiger partial charge in [-0.2, -0.15) is 0 Å². The molecule has 0 aromatic heterocycles. The molecule has 0 amide bonds. The van der Waals surface area contributed by atoms with Crippen LogP contribution in [-0.4, -0.2) is 70.2 Å². The largest absolute Gasteiger partial charge is 0.493 e. The Kier molecular flexibility index (Phi) is 9.45. The van der Waals surface area contributed by atoms with Gasteiger partial charge in [0.25, 0.3) is 0 Å². The summed E-state index contributed by atoms with van der Waals surface area (Å²) in [5.74, 6) is 1.96. The highest BCUT2D eigenvalue weighted by Crippen LogP contribution is 2.43. The Morgan fingerprint density at radius 1 is 0.750 bits per heavy atom. The van der Waals surface area contributed by atoms with Gasteiger partial charge in [-0.3, -0.25) is 0 Å². The Morgan fingerprint density at radius 3 is 1.66 bits per heavy atom. The third-order valence-electron chi connectivity index (χ3n) is 4.73. The van der Waals surface area contributed by atoms with Crippen LogP contribution in [-0.2, 0) is 0 Å². The van der Waals surface area contributed by atoms with E-state index < -0.39 is 18.8 Å². The van der Waals surface area contributed by atoms with Gasteiger partial charge in [0.2, 0.25) is 11.5 Å². The smallest absolute Gasteiger partial charge is 0.204 e. The molecule has 2 aromatic carbocycles. The zero-order valence-electron chi connectivity index (χ0n) is 18.8. The van der Waals surface area contributed by atoms with Crippen LogP contribution in [0.15, 0.2) is 30.3 Å². The van der Waals surface area contributed by atoms with Gasteiger partial charge in [-0.05, 0) is 35.4 Å². The number of hydrogen-bond donors (Lipinski definition) is 3. The molecule has 0 radical (unpaired) electrons. The van der Waals surface area contributed by atoms with Gasteiger partial charge in [-0.15, -0.1) is 0 Å². The monoisotopic (exact) mass is 450 g/mol. The Balaban J connectivity index is 2.44. The van der Waals surface area contributed by atoms with Crippen LogP contribution in [0.3, 0.4) is 0 Å². The SMILES string of the molecule is COc1cc([C@@H](O)[C@@H](CO)Oc2c(OC)cc(/C=C\CO)cc2OC)cc(OC)c1OC. The van der Waals surface area contributed by atoms with Crippen LogP contribution < -0.4 is 28.4 Å². The molecule has 0 heterocycles. The van der Waals surface area contributed by atoms with Crippen molar-refractivity contribution in [1.29, 1.82) is 0 Å². The zero-order chi connectivity index (χ0) is 23.7. The van der Waals surface area contributed by atoms with E-state index in [1.165, 1.54) is 35.5 Å². The summed E-state index contributed by atoms with van der Waals surface area (Å²) in [5.41, 5.74) is 1.10. The van der Waals surface area contributed by atoms with Crippen molar-refractivity contribution < 1.29 is 43.7 Å². The quantitative estimate of drug-likeness (QED) is 0.447. The van der Waals surface area contributed by atoms with Crippen LogP contribution in [0.2, 0.25) is 0 Å². The molecular weight excluding hydrogens is 420 g/mol. The molecular formula is C23H30O9. The van der Waals surface area contributed by atoms with Gasteiger partial charge in [-0.1, -0.05) is 12.2 Å². The molecule has 0 aliphatic rings. The molecule has 0 aliphatic heterocycles. The minimum absolute atomic E-state index is 0.115. The molecule has 3 N–H and O–H groups in total. The number of ether oxygens (including phenoxy) is 6. The highest BCUT2D eigenvalue weighted by atomic mass is 16.6. The van der Waals surface area contributed by atoms with E-state index in [1.54, 1.807) is 36.4 Å². The summed E-state index contributed by atoms with van der Waals surface area (Å²) < 4.78 is 32.8. The van der Waals surface area contributed by atoms with Crippen molar-refractivity contribution in [2.45, 2.75) is 12.2 Å². The molecule has 9 nitrogen and oxygen atoms in total. The van der Waals surface area contributed by atoms with E-state index >= 15 is 0 Å². The molecule has 0 fully saturated rings. The maximum atomic E-state index is 11.0. The summed E-state index contributed by atoms with van der Waals surface area (Å²) in [6.07, 6.45) is 0.944. The van der Waals surface area contributed by atoms with Gasteiger partial charge in [0.1, 0.15) is 6.10 Å². The molecule has 2 rings (SSSR count). The summed E-state index contributed by atoms with van der Waals surface area (Å²) in [6.45, 7) is -0.618. The van der Waals surface area contributed by atoms with E-state index in [0.717, 1.165) is 0 Å². The molecule has 2 aromatic rings. The van der Waals surface area contributed by atoms with Crippen molar-refractivity contribution in [3.05, 3.63) is 41.5 Å². The average molecular weight is 450 g/mol. The predicted molar refractivity (Wildman–Crippen MR) is 118 cm³/mol. The lowest BCUT2D eigenvalue weighted by molar-refractivity contribution is -0.00184. The Hall–Kier alpha value is -3.14. The first kappa shape index (κ1) is 25.1. The molecule has 0 saturated carbocycles. The van der Waals surface area contributed by atoms with Crippen molar-refractivity contribution in [3.8, 4) is 34.5 Å². The van der Waals surface area contributed by atoms with Crippen molar-refractivity contribution in [1.82, 2.24) is 0 Å². The highest BCUT2D eigenvalue weighted by molar-refractivity contribution is 5.62. The van der Waals surface area contributed by atoms with Gasteiger partial charge < -0.3 is 43.7 Å². The van der Waals surface area contributed by atoms with Gasteiger partial charge in [0.05, 0.1) is 48.8 Å². The van der Waals surface area contributed by atoms with E-state index in [4.69, 9.17) is 33.5 Å². The number of rotatable bonds is 12. The van der Waals surface area contributed by atoms with Gasteiger partial charge in [0.15, 0.2) is 29.1 Å². The third-order valence-corrected chi connectivity index (χ3v) is 4.73. The molecule has 0 aliphatic carbocycles. The first-order valence-corrected chi connectivity index (χ1v) is 9.76. The second-order valence-corrected chi connectivity index (χ2v) is 6.58. The lowest BCUT2D eigenvalue weighted by atomic mass is 10.0. The maximum Gasteiger partial charge on any atom is 0.204 e. The molecule has 0 saturated heterocycles. The van der Waals surface area contributed by atoms with Crippen LogP contribution in [0, 0.1) is 0 Å². The van der Waals surface area contributed by atoms with Crippen LogP contribution in [0.5, 0.6) is 34.5 Å². The van der Waals surface area contributed by atoms with E-state index in [1.807, 2.05) is 0 Å². The van der Waals surface area contributed by atoms with Crippen molar-refractivity contribution in [3.63, 3.8) is 0 Å². The predicted octanol–water partition coefficient (Wildman–Crippen LogP) is 2.21. The Labute approximate surface area is 187 Å². The normalized spacial score (nSPS) is 12.9.